The molecule has 1 rings (SSSR count). The average Bonchev–Trinajstić information content (AvgIpc) is 2.60. The Kier molecular flexibility index (Phi) is 3.47. The van der Waals surface area contributed by atoms with Crippen LogP contribution in [-0.2, 0) is 0 Å². The topological polar surface area (TPSA) is 104 Å². The predicted molar refractivity (Wildman–Crippen MR) is 52.0 cm³/mol. The number of hydrogen-bond donors (Lipinski definition) is 4. The first-order valence-corrected chi connectivity index (χ1v) is 4.45. The molecule has 0 saturated heterocycles. The molecule has 1 heterocycles. The maximum Gasteiger partial charge on any atom is 0.323 e. The number of nitrogens with two attached hydrogens (primary N) is 1. The summed E-state index contributed by atoms with van der Waals surface area (Å²) in [7, 11) is 0. The van der Waals surface area contributed by atoms with Crippen molar-refractivity contribution in [3.8, 4) is 0 Å². The molecule has 1 aromatic rings. The van der Waals surface area contributed by atoms with E-state index in [1.165, 1.54) is 6.20 Å². The molecule has 0 saturated carbocycles. The van der Waals surface area contributed by atoms with Crippen molar-refractivity contribution in [3.63, 3.8) is 0 Å². The Morgan fingerprint density at radius 2 is 2.43 bits per heavy atom. The molecule has 0 aliphatic carbocycles. The molecule has 1 atom stereocenters. The number of nitrogens with one attached hydrogen (secondary N) is 3. The lowest BCUT2D eigenvalue weighted by Crippen LogP contribution is -2.36. The summed E-state index contributed by atoms with van der Waals surface area (Å²) in [6, 6.07) is -0.0513. The number of carbonyl (C=O) groups excluding carboxylic acids is 1. The largest absolute Gasteiger partial charge is 0.349 e. The van der Waals surface area contributed by atoms with Crippen molar-refractivity contribution in [3.05, 3.63) is 22.4 Å². The summed E-state index contributed by atoms with van der Waals surface area (Å²) in [6.07, 6.45) is 2.12. The van der Waals surface area contributed by atoms with E-state index in [0.29, 0.717) is 6.54 Å². The van der Waals surface area contributed by atoms with Crippen LogP contribution in [0.1, 0.15) is 23.8 Å². The number of rotatable bonds is 4. The van der Waals surface area contributed by atoms with Gasteiger partial charge in [-0.1, -0.05) is 6.92 Å². The summed E-state index contributed by atoms with van der Waals surface area (Å²) in [5, 5.41) is 2.61. The zero-order valence-electron chi connectivity index (χ0n) is 7.96. The Bertz CT molecular complexity index is 354. The van der Waals surface area contributed by atoms with Gasteiger partial charge in [0.1, 0.15) is 5.69 Å². The molecule has 78 valence electrons. The van der Waals surface area contributed by atoms with E-state index < -0.39 is 5.69 Å². The van der Waals surface area contributed by atoms with E-state index in [9.17, 15) is 9.59 Å². The summed E-state index contributed by atoms with van der Waals surface area (Å²) in [4.78, 5) is 26.7. The summed E-state index contributed by atoms with van der Waals surface area (Å²) in [5.41, 5.74) is 5.44. The minimum Gasteiger partial charge on any atom is -0.349 e. The van der Waals surface area contributed by atoms with Crippen LogP contribution >= 0.6 is 0 Å². The molecule has 0 aliphatic heterocycles. The fourth-order valence-electron chi connectivity index (χ4n) is 0.918. The molecule has 6 heteroatoms. The molecular formula is C8H14N4O2. The van der Waals surface area contributed by atoms with Crippen molar-refractivity contribution in [1.29, 1.82) is 0 Å². The summed E-state index contributed by atoms with van der Waals surface area (Å²) in [6.45, 7) is 2.34. The predicted octanol–water partition coefficient (Wildman–Crippen LogP) is -0.830. The fourth-order valence-corrected chi connectivity index (χ4v) is 0.918. The second-order valence-corrected chi connectivity index (χ2v) is 3.03. The van der Waals surface area contributed by atoms with Crippen LogP contribution in [0, 0.1) is 0 Å². The number of amides is 1. The standard InChI is InChI=1S/C8H14N4O2/c1-2-5(9)3-10-7(13)6-4-11-8(14)12-6/h4-5H,2-3,9H2,1H3,(H,10,13)(H2,11,12,14). The number of aromatic nitrogens is 2. The first kappa shape index (κ1) is 10.5. The first-order chi connectivity index (χ1) is 6.63. The maximum absolute atomic E-state index is 11.3. The minimum absolute atomic E-state index is 0.0513. The zero-order valence-corrected chi connectivity index (χ0v) is 7.96. The van der Waals surface area contributed by atoms with Gasteiger partial charge in [0.2, 0.25) is 0 Å². The normalized spacial score (nSPS) is 12.4. The van der Waals surface area contributed by atoms with Gasteiger partial charge < -0.3 is 21.0 Å². The average molecular weight is 198 g/mol. The number of aromatic amines is 2. The first-order valence-electron chi connectivity index (χ1n) is 4.45. The maximum atomic E-state index is 11.3. The van der Waals surface area contributed by atoms with Gasteiger partial charge in [-0.3, -0.25) is 4.79 Å². The van der Waals surface area contributed by atoms with Crippen LogP contribution in [0.5, 0.6) is 0 Å². The van der Waals surface area contributed by atoms with Crippen molar-refractivity contribution in [1.82, 2.24) is 15.3 Å². The molecule has 14 heavy (non-hydrogen) atoms. The van der Waals surface area contributed by atoms with Crippen LogP contribution in [-0.4, -0.2) is 28.5 Å². The number of carbonyl (C=O) groups is 1. The molecule has 1 unspecified atom stereocenters. The van der Waals surface area contributed by atoms with Gasteiger partial charge in [-0.05, 0) is 6.42 Å². The summed E-state index contributed by atoms with van der Waals surface area (Å²) in [5.74, 6) is -0.327. The Morgan fingerprint density at radius 1 is 1.71 bits per heavy atom. The third-order valence-electron chi connectivity index (χ3n) is 1.89. The van der Waals surface area contributed by atoms with E-state index in [0.717, 1.165) is 6.42 Å². The molecule has 1 amide bonds. The second-order valence-electron chi connectivity index (χ2n) is 3.03. The van der Waals surface area contributed by atoms with Gasteiger partial charge in [0.05, 0.1) is 0 Å². The third-order valence-corrected chi connectivity index (χ3v) is 1.89. The lowest BCUT2D eigenvalue weighted by Gasteiger charge is -2.08. The van der Waals surface area contributed by atoms with Crippen LogP contribution in [0.3, 0.4) is 0 Å². The Labute approximate surface area is 80.9 Å². The number of imidazole rings is 1. The van der Waals surface area contributed by atoms with Gasteiger partial charge in [-0.25, -0.2) is 4.79 Å². The van der Waals surface area contributed by atoms with Crippen molar-refractivity contribution >= 4 is 5.91 Å². The van der Waals surface area contributed by atoms with E-state index in [1.54, 1.807) is 0 Å². The number of hydrogen-bond acceptors (Lipinski definition) is 3. The molecular weight excluding hydrogens is 184 g/mol. The van der Waals surface area contributed by atoms with Gasteiger partial charge in [0.15, 0.2) is 0 Å². The molecule has 5 N–H and O–H groups in total. The van der Waals surface area contributed by atoms with Crippen LogP contribution in [0.4, 0.5) is 0 Å². The number of H-pyrrole nitrogens is 2. The van der Waals surface area contributed by atoms with Gasteiger partial charge in [0.25, 0.3) is 5.91 Å². The molecule has 0 radical (unpaired) electrons. The molecule has 0 fully saturated rings. The molecule has 1 aromatic heterocycles. The summed E-state index contributed by atoms with van der Waals surface area (Å²) >= 11 is 0. The van der Waals surface area contributed by atoms with Gasteiger partial charge in [-0.2, -0.15) is 0 Å². The quantitative estimate of drug-likeness (QED) is 0.507. The van der Waals surface area contributed by atoms with E-state index in [4.69, 9.17) is 5.73 Å². The van der Waals surface area contributed by atoms with Gasteiger partial charge in [-0.15, -0.1) is 0 Å². The highest BCUT2D eigenvalue weighted by molar-refractivity contribution is 5.91. The summed E-state index contributed by atoms with van der Waals surface area (Å²) < 4.78 is 0. The molecule has 0 aromatic carbocycles. The van der Waals surface area contributed by atoms with E-state index >= 15 is 0 Å². The van der Waals surface area contributed by atoms with Gasteiger partial charge in [0, 0.05) is 18.8 Å². The monoisotopic (exact) mass is 198 g/mol. The SMILES string of the molecule is CCC(N)CNC(=O)c1c[nH]c(=O)[nH]1. The molecule has 0 aliphatic rings. The smallest absolute Gasteiger partial charge is 0.323 e. The van der Waals surface area contributed by atoms with E-state index in [2.05, 4.69) is 15.3 Å². The second kappa shape index (κ2) is 4.61. The molecule has 0 bridgehead atoms. The van der Waals surface area contributed by atoms with Gasteiger partial charge >= 0.3 is 5.69 Å². The van der Waals surface area contributed by atoms with E-state index in [-0.39, 0.29) is 17.6 Å². The van der Waals surface area contributed by atoms with Crippen molar-refractivity contribution < 1.29 is 4.79 Å². The third kappa shape index (κ3) is 2.74. The van der Waals surface area contributed by atoms with Crippen LogP contribution < -0.4 is 16.7 Å². The van der Waals surface area contributed by atoms with Crippen molar-refractivity contribution in [2.75, 3.05) is 6.54 Å². The highest BCUT2D eigenvalue weighted by Crippen LogP contribution is 1.88. The lowest BCUT2D eigenvalue weighted by atomic mass is 10.2. The van der Waals surface area contributed by atoms with Crippen molar-refractivity contribution in [2.45, 2.75) is 19.4 Å². The minimum atomic E-state index is -0.394. The van der Waals surface area contributed by atoms with Crippen molar-refractivity contribution in [2.24, 2.45) is 5.73 Å². The van der Waals surface area contributed by atoms with Crippen LogP contribution in [0.2, 0.25) is 0 Å². The zero-order chi connectivity index (χ0) is 10.6. The Hall–Kier alpha value is -1.56. The Morgan fingerprint density at radius 3 is 2.93 bits per heavy atom. The highest BCUT2D eigenvalue weighted by atomic mass is 16.2. The van der Waals surface area contributed by atoms with E-state index in [1.807, 2.05) is 6.92 Å². The Balaban J connectivity index is 2.47. The molecule has 6 nitrogen and oxygen atoms in total. The van der Waals surface area contributed by atoms with Crippen LogP contribution in [0.25, 0.3) is 0 Å². The molecule has 0 spiro atoms. The lowest BCUT2D eigenvalue weighted by molar-refractivity contribution is 0.0946. The fraction of sp³-hybridized carbons (Fsp3) is 0.500. The highest BCUT2D eigenvalue weighted by Gasteiger charge is 2.08. The van der Waals surface area contributed by atoms with Crippen LogP contribution in [0.15, 0.2) is 11.0 Å².